The third-order valence-electron chi connectivity index (χ3n) is 2.25. The maximum Gasteiger partial charge on any atom is 0.285 e. The van der Waals surface area contributed by atoms with Crippen LogP contribution >= 0.6 is 15.9 Å². The van der Waals surface area contributed by atoms with E-state index in [0.717, 1.165) is 22.9 Å². The van der Waals surface area contributed by atoms with E-state index in [1.165, 1.54) is 12.1 Å². The second kappa shape index (κ2) is 5.03. The van der Waals surface area contributed by atoms with Gasteiger partial charge in [0.25, 0.3) is 5.92 Å². The summed E-state index contributed by atoms with van der Waals surface area (Å²) in [5.41, 5.74) is 6.04. The molecule has 0 amide bonds. The molecule has 1 nitrogen and oxygen atoms in total. The van der Waals surface area contributed by atoms with E-state index in [2.05, 4.69) is 22.9 Å². The molecule has 0 fully saturated rings. The van der Waals surface area contributed by atoms with Crippen molar-refractivity contribution in [2.24, 2.45) is 5.73 Å². The first-order valence-electron chi connectivity index (χ1n) is 4.88. The Morgan fingerprint density at radius 3 is 2.53 bits per heavy atom. The average Bonchev–Trinajstić information content (AvgIpc) is 2.21. The first-order valence-corrected chi connectivity index (χ1v) is 5.67. The van der Waals surface area contributed by atoms with Gasteiger partial charge in [-0.3, -0.25) is 0 Å². The average molecular weight is 278 g/mol. The molecule has 0 bridgehead atoms. The fraction of sp³-hybridized carbons (Fsp3) is 0.455. The molecular formula is C11H14BrF2N. The number of hydrogen-bond acceptors (Lipinski definition) is 1. The fourth-order valence-corrected chi connectivity index (χ4v) is 1.94. The van der Waals surface area contributed by atoms with Gasteiger partial charge in [-0.15, -0.1) is 0 Å². The number of halogens is 3. The lowest BCUT2D eigenvalue weighted by Gasteiger charge is -2.15. The van der Waals surface area contributed by atoms with E-state index in [-0.39, 0.29) is 5.56 Å². The molecule has 0 aliphatic rings. The van der Waals surface area contributed by atoms with E-state index in [4.69, 9.17) is 5.73 Å². The molecule has 0 heterocycles. The van der Waals surface area contributed by atoms with Gasteiger partial charge in [-0.1, -0.05) is 41.4 Å². The molecule has 0 saturated heterocycles. The van der Waals surface area contributed by atoms with Gasteiger partial charge in [0.1, 0.15) is 0 Å². The minimum Gasteiger partial charge on any atom is -0.325 e. The summed E-state index contributed by atoms with van der Waals surface area (Å²) < 4.78 is 27.2. The molecule has 15 heavy (non-hydrogen) atoms. The van der Waals surface area contributed by atoms with E-state index >= 15 is 0 Å². The highest BCUT2D eigenvalue weighted by atomic mass is 79.9. The van der Waals surface area contributed by atoms with Crippen molar-refractivity contribution in [3.63, 3.8) is 0 Å². The summed E-state index contributed by atoms with van der Waals surface area (Å²) in [6, 6.07) is 4.63. The van der Waals surface area contributed by atoms with Gasteiger partial charge in [-0.25, -0.2) is 0 Å². The minimum atomic E-state index is -2.94. The molecule has 0 spiro atoms. The van der Waals surface area contributed by atoms with Crippen molar-refractivity contribution in [2.45, 2.75) is 25.7 Å². The van der Waals surface area contributed by atoms with Crippen LogP contribution in [0.4, 0.5) is 8.78 Å². The molecule has 0 saturated carbocycles. The van der Waals surface area contributed by atoms with Gasteiger partial charge in [0.05, 0.1) is 6.54 Å². The molecule has 84 valence electrons. The molecule has 1 rings (SSSR count). The van der Waals surface area contributed by atoms with Crippen molar-refractivity contribution in [1.82, 2.24) is 0 Å². The predicted octanol–water partition coefficient (Wildman–Crippen LogP) is 3.45. The van der Waals surface area contributed by atoms with Crippen molar-refractivity contribution >= 4 is 15.9 Å². The van der Waals surface area contributed by atoms with Crippen LogP contribution in [-0.2, 0) is 12.3 Å². The van der Waals surface area contributed by atoms with Crippen LogP contribution in [-0.4, -0.2) is 6.54 Å². The number of nitrogens with two attached hydrogens (primary N) is 1. The number of benzene rings is 1. The molecule has 1 aromatic carbocycles. The molecule has 0 aromatic heterocycles. The molecule has 0 atom stereocenters. The summed E-state index contributed by atoms with van der Waals surface area (Å²) in [4.78, 5) is 0. The Hall–Kier alpha value is -0.480. The molecule has 0 radical (unpaired) electrons. The van der Waals surface area contributed by atoms with Crippen LogP contribution in [0.5, 0.6) is 0 Å². The SMILES string of the molecule is CCCc1ccc(C(F)(F)CN)cc1Br. The quantitative estimate of drug-likeness (QED) is 0.896. The second-order valence-electron chi connectivity index (χ2n) is 3.46. The summed E-state index contributed by atoms with van der Waals surface area (Å²) in [6.45, 7) is 1.39. The zero-order chi connectivity index (χ0) is 11.5. The third-order valence-corrected chi connectivity index (χ3v) is 2.99. The molecule has 0 unspecified atom stereocenters. The van der Waals surface area contributed by atoms with Gasteiger partial charge in [0, 0.05) is 10.0 Å². The zero-order valence-electron chi connectivity index (χ0n) is 8.56. The number of rotatable bonds is 4. The van der Waals surface area contributed by atoms with E-state index in [1.807, 2.05) is 0 Å². The maximum absolute atomic E-state index is 13.2. The van der Waals surface area contributed by atoms with Gasteiger partial charge in [-0.05, 0) is 18.1 Å². The second-order valence-corrected chi connectivity index (χ2v) is 4.32. The van der Waals surface area contributed by atoms with E-state index in [1.54, 1.807) is 6.07 Å². The van der Waals surface area contributed by atoms with Gasteiger partial charge in [-0.2, -0.15) is 8.78 Å². The van der Waals surface area contributed by atoms with Gasteiger partial charge in [0.15, 0.2) is 0 Å². The van der Waals surface area contributed by atoms with Crippen LogP contribution in [0.1, 0.15) is 24.5 Å². The summed E-state index contributed by atoms with van der Waals surface area (Å²) in [7, 11) is 0. The minimum absolute atomic E-state index is 0.0308. The number of aryl methyl sites for hydroxylation is 1. The zero-order valence-corrected chi connectivity index (χ0v) is 10.2. The largest absolute Gasteiger partial charge is 0.325 e. The summed E-state index contributed by atoms with van der Waals surface area (Å²) in [5, 5.41) is 0. The fourth-order valence-electron chi connectivity index (χ4n) is 1.36. The van der Waals surface area contributed by atoms with Gasteiger partial charge < -0.3 is 5.73 Å². The van der Waals surface area contributed by atoms with E-state index < -0.39 is 12.5 Å². The molecule has 4 heteroatoms. The van der Waals surface area contributed by atoms with Crippen LogP contribution in [0.3, 0.4) is 0 Å². The Morgan fingerprint density at radius 1 is 1.40 bits per heavy atom. The van der Waals surface area contributed by atoms with E-state index in [0.29, 0.717) is 0 Å². The highest BCUT2D eigenvalue weighted by Gasteiger charge is 2.29. The van der Waals surface area contributed by atoms with Crippen LogP contribution in [0.15, 0.2) is 22.7 Å². The van der Waals surface area contributed by atoms with Crippen molar-refractivity contribution in [3.8, 4) is 0 Å². The molecule has 0 aliphatic carbocycles. The van der Waals surface area contributed by atoms with Crippen molar-refractivity contribution in [2.75, 3.05) is 6.54 Å². The summed E-state index contributed by atoms with van der Waals surface area (Å²) >= 11 is 3.30. The molecular weight excluding hydrogens is 264 g/mol. The number of alkyl halides is 2. The standard InChI is InChI=1S/C11H14BrF2N/c1-2-3-8-4-5-9(6-10(8)12)11(13,14)7-15/h4-6H,2-3,7,15H2,1H3. The van der Waals surface area contributed by atoms with Crippen molar-refractivity contribution in [3.05, 3.63) is 33.8 Å². The normalized spacial score (nSPS) is 11.8. The summed E-state index contributed by atoms with van der Waals surface area (Å²) in [5.74, 6) is -2.94. The van der Waals surface area contributed by atoms with Gasteiger partial charge in [0.2, 0.25) is 0 Å². The summed E-state index contributed by atoms with van der Waals surface area (Å²) in [6.07, 6.45) is 1.88. The van der Waals surface area contributed by atoms with Crippen LogP contribution in [0.2, 0.25) is 0 Å². The molecule has 1 aromatic rings. The lowest BCUT2D eigenvalue weighted by molar-refractivity contribution is 0.00588. The number of hydrogen-bond donors (Lipinski definition) is 1. The van der Waals surface area contributed by atoms with Crippen LogP contribution in [0, 0.1) is 0 Å². The third kappa shape index (κ3) is 2.98. The Morgan fingerprint density at radius 2 is 2.07 bits per heavy atom. The highest BCUT2D eigenvalue weighted by molar-refractivity contribution is 9.10. The highest BCUT2D eigenvalue weighted by Crippen LogP contribution is 2.30. The predicted molar refractivity (Wildman–Crippen MR) is 61.1 cm³/mol. The Bertz CT molecular complexity index is 339. The van der Waals surface area contributed by atoms with Crippen LogP contribution in [0.25, 0.3) is 0 Å². The first-order chi connectivity index (χ1) is 7.01. The lowest BCUT2D eigenvalue weighted by Crippen LogP contribution is -2.25. The Labute approximate surface area is 96.8 Å². The molecule has 0 aliphatic heterocycles. The first kappa shape index (κ1) is 12.6. The van der Waals surface area contributed by atoms with Gasteiger partial charge >= 0.3 is 0 Å². The Balaban J connectivity index is 3.01. The van der Waals surface area contributed by atoms with Crippen molar-refractivity contribution < 1.29 is 8.78 Å². The monoisotopic (exact) mass is 277 g/mol. The maximum atomic E-state index is 13.2. The lowest BCUT2D eigenvalue weighted by atomic mass is 10.0. The van der Waals surface area contributed by atoms with Crippen LogP contribution < -0.4 is 5.73 Å². The smallest absolute Gasteiger partial charge is 0.285 e. The van der Waals surface area contributed by atoms with Crippen molar-refractivity contribution in [1.29, 1.82) is 0 Å². The van der Waals surface area contributed by atoms with E-state index in [9.17, 15) is 8.78 Å². The molecule has 2 N–H and O–H groups in total. The Kier molecular flexibility index (Phi) is 4.22. The topological polar surface area (TPSA) is 26.0 Å².